The van der Waals surface area contributed by atoms with Crippen LogP contribution in [0.2, 0.25) is 0 Å². The van der Waals surface area contributed by atoms with Gasteiger partial charge in [0.05, 0.1) is 37.7 Å². The van der Waals surface area contributed by atoms with Gasteiger partial charge in [0.15, 0.2) is 0 Å². The Hall–Kier alpha value is -3.15. The van der Waals surface area contributed by atoms with Gasteiger partial charge in [0.1, 0.15) is 11.4 Å². The van der Waals surface area contributed by atoms with E-state index in [1.54, 1.807) is 29.5 Å². The highest BCUT2D eigenvalue weighted by Gasteiger charge is 2.54. The van der Waals surface area contributed by atoms with Crippen molar-refractivity contribution in [1.29, 1.82) is 0 Å². The fourth-order valence-electron chi connectivity index (χ4n) is 3.75. The molecule has 0 radical (unpaired) electrons. The Morgan fingerprint density at radius 2 is 2.06 bits per heavy atom. The monoisotopic (exact) mass is 456 g/mol. The molecule has 1 spiro atoms. The van der Waals surface area contributed by atoms with Crippen molar-refractivity contribution in [3.8, 4) is 5.75 Å². The second-order valence-corrected chi connectivity index (χ2v) is 7.59. The summed E-state index contributed by atoms with van der Waals surface area (Å²) in [5, 5.41) is 11.2. The third kappa shape index (κ3) is 5.55. The summed E-state index contributed by atoms with van der Waals surface area (Å²) < 4.78 is 45.2. The lowest BCUT2D eigenvalue weighted by molar-refractivity contribution is -0.192. The lowest BCUT2D eigenvalue weighted by Gasteiger charge is -2.50. The van der Waals surface area contributed by atoms with E-state index >= 15 is 0 Å². The predicted octanol–water partition coefficient (Wildman–Crippen LogP) is 2.15. The molecule has 2 aromatic heterocycles. The van der Waals surface area contributed by atoms with E-state index in [4.69, 9.17) is 19.4 Å². The van der Waals surface area contributed by atoms with Gasteiger partial charge in [0, 0.05) is 26.0 Å². The van der Waals surface area contributed by atoms with Crippen LogP contribution < -0.4 is 4.74 Å². The number of rotatable bonds is 5. The molecule has 2 saturated heterocycles. The highest BCUT2D eigenvalue weighted by Crippen LogP contribution is 2.42. The number of hydrogen-bond acceptors (Lipinski definition) is 6. The Kier molecular flexibility index (Phi) is 7.02. The fourth-order valence-corrected chi connectivity index (χ4v) is 3.75. The Morgan fingerprint density at radius 3 is 2.62 bits per heavy atom. The van der Waals surface area contributed by atoms with E-state index < -0.39 is 12.1 Å². The number of alkyl halides is 3. The first-order chi connectivity index (χ1) is 15.1. The Labute approximate surface area is 181 Å². The maximum Gasteiger partial charge on any atom is 0.490 e. The lowest BCUT2D eigenvalue weighted by atomic mass is 9.79. The largest absolute Gasteiger partial charge is 0.492 e. The number of ether oxygens (including phenoxy) is 2. The number of halogens is 3. The summed E-state index contributed by atoms with van der Waals surface area (Å²) in [5.74, 6) is -1.52. The number of aryl methyl sites for hydroxylation is 1. The molecule has 12 heteroatoms. The molecule has 0 bridgehead atoms. The average molecular weight is 456 g/mol. The van der Waals surface area contributed by atoms with Gasteiger partial charge >= 0.3 is 12.1 Å². The highest BCUT2D eigenvalue weighted by molar-refractivity contribution is 5.94. The van der Waals surface area contributed by atoms with Crippen molar-refractivity contribution in [3.05, 3.63) is 42.5 Å². The van der Waals surface area contributed by atoms with Crippen molar-refractivity contribution in [2.24, 2.45) is 13.0 Å². The zero-order valence-electron chi connectivity index (χ0n) is 17.3. The van der Waals surface area contributed by atoms with E-state index in [1.807, 2.05) is 24.1 Å². The Balaban J connectivity index is 0.000000360. The van der Waals surface area contributed by atoms with Crippen LogP contribution in [0.1, 0.15) is 23.2 Å². The Bertz CT molecular complexity index is 929. The number of aliphatic carboxylic acids is 1. The third-order valence-corrected chi connectivity index (χ3v) is 5.37. The van der Waals surface area contributed by atoms with E-state index in [0.29, 0.717) is 31.2 Å². The molecule has 2 fully saturated rings. The third-order valence-electron chi connectivity index (χ3n) is 5.37. The van der Waals surface area contributed by atoms with Gasteiger partial charge < -0.3 is 19.5 Å². The van der Waals surface area contributed by atoms with Crippen LogP contribution in [-0.2, 0) is 16.6 Å². The van der Waals surface area contributed by atoms with Crippen LogP contribution in [0.25, 0.3) is 0 Å². The fraction of sp³-hybridized carbons (Fsp3) is 0.500. The maximum atomic E-state index is 12.5. The molecule has 1 amide bonds. The van der Waals surface area contributed by atoms with Crippen LogP contribution in [0.5, 0.6) is 5.75 Å². The van der Waals surface area contributed by atoms with E-state index in [2.05, 4.69) is 10.1 Å². The van der Waals surface area contributed by atoms with E-state index in [0.717, 1.165) is 25.2 Å². The summed E-state index contributed by atoms with van der Waals surface area (Å²) in [6, 6.07) is 3.77. The number of aromatic nitrogens is 3. The minimum Gasteiger partial charge on any atom is -0.492 e. The van der Waals surface area contributed by atoms with Crippen molar-refractivity contribution >= 4 is 11.9 Å². The lowest BCUT2D eigenvalue weighted by Crippen LogP contribution is -2.66. The molecule has 0 aliphatic carbocycles. The number of carboxylic acid groups (broad SMARTS) is 1. The zero-order chi connectivity index (χ0) is 23.4. The van der Waals surface area contributed by atoms with E-state index in [9.17, 15) is 18.0 Å². The van der Waals surface area contributed by atoms with Gasteiger partial charge in [0.25, 0.3) is 5.91 Å². The van der Waals surface area contributed by atoms with E-state index in [-0.39, 0.29) is 11.5 Å². The zero-order valence-corrected chi connectivity index (χ0v) is 17.3. The van der Waals surface area contributed by atoms with Crippen LogP contribution in [0.4, 0.5) is 13.2 Å². The topological polar surface area (TPSA) is 107 Å². The number of carbonyl (C=O) groups is 2. The number of pyridine rings is 1. The Morgan fingerprint density at radius 1 is 1.34 bits per heavy atom. The maximum absolute atomic E-state index is 12.5. The molecule has 174 valence electrons. The normalized spacial score (nSPS) is 19.1. The molecule has 2 aliphatic rings. The van der Waals surface area contributed by atoms with Crippen LogP contribution in [-0.4, -0.2) is 74.7 Å². The molecule has 9 nitrogen and oxygen atoms in total. The highest BCUT2D eigenvalue weighted by atomic mass is 19.4. The number of amides is 1. The van der Waals surface area contributed by atoms with Crippen molar-refractivity contribution in [2.45, 2.75) is 24.6 Å². The van der Waals surface area contributed by atoms with Gasteiger partial charge in [-0.25, -0.2) is 4.79 Å². The summed E-state index contributed by atoms with van der Waals surface area (Å²) in [4.78, 5) is 27.3. The number of nitrogens with zero attached hydrogens (tertiary/aromatic N) is 4. The summed E-state index contributed by atoms with van der Waals surface area (Å²) >= 11 is 0. The molecule has 4 heterocycles. The second-order valence-electron chi connectivity index (χ2n) is 7.59. The molecule has 1 unspecified atom stereocenters. The second kappa shape index (κ2) is 9.55. The van der Waals surface area contributed by atoms with Crippen LogP contribution >= 0.6 is 0 Å². The molecule has 1 atom stereocenters. The molecule has 2 aliphatic heterocycles. The molecular weight excluding hydrogens is 433 g/mol. The molecule has 0 saturated carbocycles. The molecule has 32 heavy (non-hydrogen) atoms. The number of hydrogen-bond donors (Lipinski definition) is 1. The van der Waals surface area contributed by atoms with Gasteiger partial charge in [-0.2, -0.15) is 18.3 Å². The molecular formula is C20H23F3N4O5. The number of carbonyl (C=O) groups excluding carboxylic acids is 1. The first kappa shape index (κ1) is 23.5. The van der Waals surface area contributed by atoms with Crippen LogP contribution in [0, 0.1) is 5.92 Å². The first-order valence-electron chi connectivity index (χ1n) is 9.85. The number of carboxylic acids is 1. The first-order valence-corrected chi connectivity index (χ1v) is 9.85. The average Bonchev–Trinajstić information content (AvgIpc) is 3.33. The summed E-state index contributed by atoms with van der Waals surface area (Å²) in [5.41, 5.74) is 0.433. The minimum absolute atomic E-state index is 0.0274. The quantitative estimate of drug-likeness (QED) is 0.735. The van der Waals surface area contributed by atoms with Gasteiger partial charge in [-0.15, -0.1) is 0 Å². The minimum atomic E-state index is -5.08. The van der Waals surface area contributed by atoms with E-state index in [1.165, 1.54) is 0 Å². The van der Waals surface area contributed by atoms with Gasteiger partial charge in [-0.1, -0.05) is 0 Å². The molecule has 1 N–H and O–H groups in total. The van der Waals surface area contributed by atoms with Gasteiger partial charge in [-0.3, -0.25) is 14.5 Å². The van der Waals surface area contributed by atoms with Gasteiger partial charge in [0.2, 0.25) is 0 Å². The SMILES string of the molecule is Cn1cc(C(=O)N2CC3(C2)OCCC3CCOc2cccnc2)cn1.O=C(O)C(F)(F)F. The number of likely N-dealkylation sites (tertiary alicyclic amines) is 1. The van der Waals surface area contributed by atoms with Crippen molar-refractivity contribution < 1.29 is 37.3 Å². The summed E-state index contributed by atoms with van der Waals surface area (Å²) in [7, 11) is 1.81. The van der Waals surface area contributed by atoms with Crippen LogP contribution in [0.15, 0.2) is 36.9 Å². The van der Waals surface area contributed by atoms with Crippen molar-refractivity contribution in [3.63, 3.8) is 0 Å². The van der Waals surface area contributed by atoms with Crippen molar-refractivity contribution in [1.82, 2.24) is 19.7 Å². The van der Waals surface area contributed by atoms with Gasteiger partial charge in [-0.05, 0) is 30.9 Å². The molecule has 2 aromatic rings. The molecule has 4 rings (SSSR count). The standard InChI is InChI=1S/C18H22N4O3.C2HF3O2/c1-21-11-14(9-20-21)17(23)22-12-18(13-22)15(5-8-25-18)4-7-24-16-3-2-6-19-10-16;3-2(4,5)1(6)7/h2-3,6,9-11,15H,4-5,7-8,12-13H2,1H3;(H,6,7). The van der Waals surface area contributed by atoms with Crippen molar-refractivity contribution in [2.75, 3.05) is 26.3 Å². The summed E-state index contributed by atoms with van der Waals surface area (Å²) in [6.07, 6.45) is 3.67. The molecule has 0 aromatic carbocycles. The summed E-state index contributed by atoms with van der Waals surface area (Å²) in [6.45, 7) is 2.70. The predicted molar refractivity (Wildman–Crippen MR) is 104 cm³/mol. The smallest absolute Gasteiger partial charge is 0.490 e. The van der Waals surface area contributed by atoms with Crippen LogP contribution in [0.3, 0.4) is 0 Å².